The minimum Gasteiger partial charge on any atom is -0.466 e. The number of hydrogen-bond donors (Lipinski definition) is 0. The minimum atomic E-state index is -0.291. The lowest BCUT2D eigenvalue weighted by Gasteiger charge is -2.49. The van der Waals surface area contributed by atoms with Crippen LogP contribution in [0, 0.1) is 0 Å². The highest BCUT2D eigenvalue weighted by Gasteiger charge is 2.50. The topological polar surface area (TPSA) is 24.8 Å². The molecule has 5 rings (SSSR count). The van der Waals surface area contributed by atoms with Crippen molar-refractivity contribution in [1.29, 1.82) is 0 Å². The lowest BCUT2D eigenvalue weighted by Crippen LogP contribution is -2.54. The van der Waals surface area contributed by atoms with Crippen molar-refractivity contribution in [2.24, 2.45) is 5.10 Å². The summed E-state index contributed by atoms with van der Waals surface area (Å²) < 4.78 is 6.57. The van der Waals surface area contributed by atoms with Crippen LogP contribution in [0.25, 0.3) is 0 Å². The molecule has 1 aliphatic carbocycles. The van der Waals surface area contributed by atoms with E-state index in [1.54, 1.807) is 0 Å². The van der Waals surface area contributed by atoms with Crippen LogP contribution in [0.4, 0.5) is 0 Å². The van der Waals surface area contributed by atoms with Gasteiger partial charge in [0, 0.05) is 29.8 Å². The van der Waals surface area contributed by atoms with Gasteiger partial charge in [0.1, 0.15) is 5.75 Å². The molecule has 0 N–H and O–H groups in total. The highest BCUT2D eigenvalue weighted by molar-refractivity contribution is 6.30. The highest BCUT2D eigenvalue weighted by atomic mass is 35.5. The number of fused-ring (bicyclic) bond motifs is 4. The Morgan fingerprint density at radius 1 is 1.04 bits per heavy atom. The van der Waals surface area contributed by atoms with Crippen LogP contribution in [0.5, 0.6) is 5.75 Å². The Hall–Kier alpha value is -2.00. The van der Waals surface area contributed by atoms with Crippen LogP contribution in [0.3, 0.4) is 0 Å². The Bertz CT molecular complexity index is 827. The van der Waals surface area contributed by atoms with E-state index >= 15 is 0 Å². The third-order valence-corrected chi connectivity index (χ3v) is 5.94. The minimum absolute atomic E-state index is 0.218. The molecule has 3 aliphatic rings. The van der Waals surface area contributed by atoms with Gasteiger partial charge in [-0.15, -0.1) is 0 Å². The van der Waals surface area contributed by atoms with Crippen molar-refractivity contribution < 1.29 is 4.74 Å². The number of halogens is 1. The largest absolute Gasteiger partial charge is 0.466 e. The third-order valence-electron chi connectivity index (χ3n) is 5.70. The molecule has 1 spiro atoms. The molecule has 1 fully saturated rings. The maximum atomic E-state index is 6.57. The first kappa shape index (κ1) is 15.3. The van der Waals surface area contributed by atoms with Crippen molar-refractivity contribution in [3.63, 3.8) is 0 Å². The fraction of sp³-hybridized carbons (Fsp3) is 0.381. The van der Waals surface area contributed by atoms with E-state index < -0.39 is 0 Å². The standard InChI is InChI=1S/C21H21ClN2O/c22-16-9-10-20-17(13-16)19-14-18(15-7-3-1-4-8-15)23-24(19)21(25-20)11-5-2-6-12-21/h1,3-4,7-10,13,19H,2,5-6,11-12,14H2/t19-/m0/s1. The van der Waals surface area contributed by atoms with E-state index in [0.29, 0.717) is 0 Å². The number of ether oxygens (including phenoxy) is 1. The summed E-state index contributed by atoms with van der Waals surface area (Å²) in [6, 6.07) is 16.7. The Balaban J connectivity index is 1.61. The highest BCUT2D eigenvalue weighted by Crippen LogP contribution is 2.51. The third kappa shape index (κ3) is 2.44. The Kier molecular flexibility index (Phi) is 3.53. The van der Waals surface area contributed by atoms with Crippen LogP contribution in [0.1, 0.15) is 55.7 Å². The van der Waals surface area contributed by atoms with E-state index in [1.807, 2.05) is 24.3 Å². The fourth-order valence-electron chi connectivity index (χ4n) is 4.49. The molecule has 128 valence electrons. The molecule has 2 aromatic carbocycles. The monoisotopic (exact) mass is 352 g/mol. The summed E-state index contributed by atoms with van der Waals surface area (Å²) in [5.41, 5.74) is 3.22. The molecule has 0 bridgehead atoms. The Morgan fingerprint density at radius 2 is 1.84 bits per heavy atom. The number of nitrogens with zero attached hydrogens (tertiary/aromatic N) is 2. The molecule has 2 heterocycles. The lowest BCUT2D eigenvalue weighted by molar-refractivity contribution is -0.140. The van der Waals surface area contributed by atoms with E-state index in [9.17, 15) is 0 Å². The van der Waals surface area contributed by atoms with E-state index in [1.165, 1.54) is 30.4 Å². The van der Waals surface area contributed by atoms with Gasteiger partial charge < -0.3 is 4.74 Å². The molecule has 2 aromatic rings. The maximum Gasteiger partial charge on any atom is 0.198 e. The van der Waals surface area contributed by atoms with Gasteiger partial charge in [-0.1, -0.05) is 48.4 Å². The Morgan fingerprint density at radius 3 is 2.64 bits per heavy atom. The molecule has 0 saturated heterocycles. The number of rotatable bonds is 1. The zero-order valence-corrected chi connectivity index (χ0v) is 14.9. The summed E-state index contributed by atoms with van der Waals surface area (Å²) in [6.07, 6.45) is 6.66. The molecular formula is C21H21ClN2O. The Labute approximate surface area is 153 Å². The molecule has 3 nitrogen and oxygen atoms in total. The summed E-state index contributed by atoms with van der Waals surface area (Å²) in [5, 5.41) is 8.08. The molecular weight excluding hydrogens is 332 g/mol. The molecule has 1 atom stereocenters. The molecule has 2 aliphatic heterocycles. The van der Waals surface area contributed by atoms with Gasteiger partial charge in [-0.2, -0.15) is 5.10 Å². The molecule has 1 saturated carbocycles. The average Bonchev–Trinajstić information content (AvgIpc) is 3.11. The average molecular weight is 353 g/mol. The molecule has 4 heteroatoms. The van der Waals surface area contributed by atoms with Gasteiger partial charge in [-0.05, 0) is 36.6 Å². The first-order valence-electron chi connectivity index (χ1n) is 9.16. The summed E-state index contributed by atoms with van der Waals surface area (Å²) in [7, 11) is 0. The number of benzene rings is 2. The first-order valence-corrected chi connectivity index (χ1v) is 9.54. The molecule has 0 aromatic heterocycles. The SMILES string of the molecule is Clc1ccc2c(c1)[C@@H]1CC(c3ccccc3)=NN1C1(CCCCC1)O2. The van der Waals surface area contributed by atoms with Crippen LogP contribution in [0.15, 0.2) is 53.6 Å². The van der Waals surface area contributed by atoms with Gasteiger partial charge >= 0.3 is 0 Å². The van der Waals surface area contributed by atoms with Gasteiger partial charge in [-0.3, -0.25) is 0 Å². The molecule has 0 radical (unpaired) electrons. The predicted molar refractivity (Wildman–Crippen MR) is 100 cm³/mol. The number of hydrogen-bond acceptors (Lipinski definition) is 3. The summed E-state index contributed by atoms with van der Waals surface area (Å²) in [6.45, 7) is 0. The second kappa shape index (κ2) is 5.77. The fourth-order valence-corrected chi connectivity index (χ4v) is 4.67. The van der Waals surface area contributed by atoms with Crippen LogP contribution in [-0.2, 0) is 0 Å². The van der Waals surface area contributed by atoms with Crippen LogP contribution in [0.2, 0.25) is 5.02 Å². The van der Waals surface area contributed by atoms with Gasteiger partial charge in [-0.25, -0.2) is 5.01 Å². The molecule has 0 unspecified atom stereocenters. The van der Waals surface area contributed by atoms with Crippen LogP contribution in [-0.4, -0.2) is 16.4 Å². The van der Waals surface area contributed by atoms with E-state index in [0.717, 1.165) is 35.7 Å². The molecule has 25 heavy (non-hydrogen) atoms. The van der Waals surface area contributed by atoms with E-state index in [2.05, 4.69) is 29.3 Å². The van der Waals surface area contributed by atoms with Crippen molar-refractivity contribution in [2.75, 3.05) is 0 Å². The van der Waals surface area contributed by atoms with Gasteiger partial charge in [0.2, 0.25) is 0 Å². The summed E-state index contributed by atoms with van der Waals surface area (Å²) in [5.74, 6) is 0.983. The first-order chi connectivity index (χ1) is 12.3. The summed E-state index contributed by atoms with van der Waals surface area (Å²) in [4.78, 5) is 0. The van der Waals surface area contributed by atoms with Gasteiger partial charge in [0.25, 0.3) is 0 Å². The van der Waals surface area contributed by atoms with Crippen molar-refractivity contribution >= 4 is 17.3 Å². The number of hydrazone groups is 1. The zero-order valence-electron chi connectivity index (χ0n) is 14.1. The van der Waals surface area contributed by atoms with Crippen molar-refractivity contribution in [2.45, 2.75) is 50.3 Å². The van der Waals surface area contributed by atoms with Gasteiger partial charge in [0.15, 0.2) is 5.72 Å². The lowest BCUT2D eigenvalue weighted by atomic mass is 9.86. The summed E-state index contributed by atoms with van der Waals surface area (Å²) >= 11 is 6.29. The quantitative estimate of drug-likeness (QED) is 0.672. The van der Waals surface area contributed by atoms with E-state index in [-0.39, 0.29) is 11.8 Å². The van der Waals surface area contributed by atoms with E-state index in [4.69, 9.17) is 21.4 Å². The zero-order chi connectivity index (χ0) is 16.9. The maximum absolute atomic E-state index is 6.57. The second-order valence-electron chi connectivity index (χ2n) is 7.27. The molecule has 0 amide bonds. The van der Waals surface area contributed by atoms with Crippen molar-refractivity contribution in [3.05, 3.63) is 64.7 Å². The van der Waals surface area contributed by atoms with Crippen LogP contribution >= 0.6 is 11.6 Å². The predicted octanol–water partition coefficient (Wildman–Crippen LogP) is 5.54. The normalized spacial score (nSPS) is 23.6. The van der Waals surface area contributed by atoms with Crippen molar-refractivity contribution in [3.8, 4) is 5.75 Å². The second-order valence-corrected chi connectivity index (χ2v) is 7.70. The van der Waals surface area contributed by atoms with Crippen molar-refractivity contribution in [1.82, 2.24) is 5.01 Å². The van der Waals surface area contributed by atoms with Gasteiger partial charge in [0.05, 0.1) is 11.8 Å². The van der Waals surface area contributed by atoms with Crippen LogP contribution < -0.4 is 4.74 Å². The smallest absolute Gasteiger partial charge is 0.198 e.